The van der Waals surface area contributed by atoms with E-state index in [2.05, 4.69) is 9.72 Å². The normalized spacial score (nSPS) is 12.2. The lowest BCUT2D eigenvalue weighted by Crippen LogP contribution is -2.01. The molecule has 17 heavy (non-hydrogen) atoms. The average molecular weight is 284 g/mol. The summed E-state index contributed by atoms with van der Waals surface area (Å²) in [5, 5.41) is 0. The maximum absolute atomic E-state index is 11.9. The van der Waals surface area contributed by atoms with Crippen molar-refractivity contribution in [3.05, 3.63) is 18.2 Å². The second kappa shape index (κ2) is 4.11. The van der Waals surface area contributed by atoms with Gasteiger partial charge in [0, 0.05) is 10.7 Å². The first-order chi connectivity index (χ1) is 7.86. The summed E-state index contributed by atoms with van der Waals surface area (Å²) >= 11 is 0. The van der Waals surface area contributed by atoms with Crippen LogP contribution >= 0.6 is 10.7 Å². The number of fused-ring (bicyclic) bond motifs is 1. The summed E-state index contributed by atoms with van der Waals surface area (Å²) in [7, 11) is 1.21. The minimum absolute atomic E-state index is 0.0578. The fourth-order valence-corrected chi connectivity index (χ4v) is 1.94. The van der Waals surface area contributed by atoms with Gasteiger partial charge in [-0.3, -0.25) is 0 Å². The molecule has 9 heteroatoms. The summed E-state index contributed by atoms with van der Waals surface area (Å²) in [4.78, 5) is 3.33. The number of ether oxygens (including phenoxy) is 1. The number of halogens is 3. The van der Waals surface area contributed by atoms with Crippen LogP contribution in [0.1, 0.15) is 0 Å². The highest BCUT2D eigenvalue weighted by atomic mass is 35.7. The van der Waals surface area contributed by atoms with Crippen molar-refractivity contribution < 1.29 is 26.4 Å². The summed E-state index contributed by atoms with van der Waals surface area (Å²) in [5.41, 5.74) is 0.173. The SMILES string of the molecule is O=S(=O)(Cl)c1ccc2oc(OC(F)F)nc2c1. The van der Waals surface area contributed by atoms with Crippen molar-refractivity contribution in [2.75, 3.05) is 0 Å². The maximum Gasteiger partial charge on any atom is 0.399 e. The Hall–Kier alpha value is -1.41. The average Bonchev–Trinajstić information content (AvgIpc) is 2.55. The van der Waals surface area contributed by atoms with Crippen molar-refractivity contribution in [1.82, 2.24) is 4.98 Å². The first kappa shape index (κ1) is 12.1. The van der Waals surface area contributed by atoms with Crippen molar-refractivity contribution in [1.29, 1.82) is 0 Å². The molecule has 0 fully saturated rings. The molecule has 0 saturated carbocycles. The minimum atomic E-state index is -3.91. The van der Waals surface area contributed by atoms with E-state index in [0.29, 0.717) is 0 Å². The van der Waals surface area contributed by atoms with E-state index in [1.165, 1.54) is 12.1 Å². The van der Waals surface area contributed by atoms with Crippen LogP contribution in [-0.2, 0) is 9.05 Å². The van der Waals surface area contributed by atoms with Gasteiger partial charge in [-0.1, -0.05) is 0 Å². The number of hydrogen-bond donors (Lipinski definition) is 0. The second-order valence-electron chi connectivity index (χ2n) is 2.93. The molecule has 0 aliphatic carbocycles. The van der Waals surface area contributed by atoms with E-state index >= 15 is 0 Å². The van der Waals surface area contributed by atoms with E-state index in [9.17, 15) is 17.2 Å². The maximum atomic E-state index is 11.9. The zero-order valence-electron chi connectivity index (χ0n) is 7.93. The standard InChI is InChI=1S/C8H4ClF2NO4S/c9-17(13,14)4-1-2-6-5(3-4)12-8(15-6)16-7(10)11/h1-3,7H. The fraction of sp³-hybridized carbons (Fsp3) is 0.125. The molecule has 0 radical (unpaired) electrons. The lowest BCUT2D eigenvalue weighted by molar-refractivity contribution is -0.0664. The number of alkyl halides is 2. The van der Waals surface area contributed by atoms with Crippen LogP contribution in [-0.4, -0.2) is 20.0 Å². The number of oxazole rings is 1. The third kappa shape index (κ3) is 2.64. The van der Waals surface area contributed by atoms with Gasteiger partial charge in [0.05, 0.1) is 4.90 Å². The minimum Gasteiger partial charge on any atom is -0.409 e. The van der Waals surface area contributed by atoms with Gasteiger partial charge < -0.3 is 9.15 Å². The van der Waals surface area contributed by atoms with Crippen LogP contribution in [0.4, 0.5) is 8.78 Å². The van der Waals surface area contributed by atoms with Crippen molar-refractivity contribution >= 4 is 30.8 Å². The third-order valence-electron chi connectivity index (χ3n) is 1.81. The van der Waals surface area contributed by atoms with Gasteiger partial charge in [-0.2, -0.15) is 13.8 Å². The molecular weight excluding hydrogens is 280 g/mol. The van der Waals surface area contributed by atoms with E-state index in [4.69, 9.17) is 15.1 Å². The summed E-state index contributed by atoms with van der Waals surface area (Å²) in [6.07, 6.45) is -0.640. The lowest BCUT2D eigenvalue weighted by Gasteiger charge is -1.94. The van der Waals surface area contributed by atoms with Crippen LogP contribution < -0.4 is 4.74 Å². The van der Waals surface area contributed by atoms with Gasteiger partial charge in [-0.15, -0.1) is 0 Å². The highest BCUT2D eigenvalue weighted by Crippen LogP contribution is 2.25. The van der Waals surface area contributed by atoms with Gasteiger partial charge in [-0.05, 0) is 18.2 Å². The first-order valence-electron chi connectivity index (χ1n) is 4.16. The van der Waals surface area contributed by atoms with Gasteiger partial charge >= 0.3 is 12.7 Å². The monoisotopic (exact) mass is 283 g/mol. The molecule has 0 atom stereocenters. The van der Waals surface area contributed by atoms with Crippen molar-refractivity contribution in [2.24, 2.45) is 0 Å². The topological polar surface area (TPSA) is 69.4 Å². The van der Waals surface area contributed by atoms with Gasteiger partial charge in [0.1, 0.15) is 5.52 Å². The number of nitrogens with zero attached hydrogens (tertiary/aromatic N) is 1. The Kier molecular flexibility index (Phi) is 2.92. The summed E-state index contributed by atoms with van der Waals surface area (Å²) in [6, 6.07) is 3.51. The second-order valence-corrected chi connectivity index (χ2v) is 5.49. The Morgan fingerprint density at radius 2 is 2.12 bits per heavy atom. The Balaban J connectivity index is 2.48. The molecule has 0 saturated heterocycles. The van der Waals surface area contributed by atoms with Crippen LogP contribution in [0, 0.1) is 0 Å². The van der Waals surface area contributed by atoms with Crippen LogP contribution in [0.25, 0.3) is 11.1 Å². The number of aromatic nitrogens is 1. The molecule has 92 valence electrons. The zero-order chi connectivity index (χ0) is 12.6. The molecule has 5 nitrogen and oxygen atoms in total. The molecule has 0 bridgehead atoms. The van der Waals surface area contributed by atoms with Crippen LogP contribution in [0.2, 0.25) is 0 Å². The molecule has 0 aliphatic heterocycles. The largest absolute Gasteiger partial charge is 0.409 e. The van der Waals surface area contributed by atoms with E-state index in [0.717, 1.165) is 6.07 Å². The predicted molar refractivity (Wildman–Crippen MR) is 53.7 cm³/mol. The van der Waals surface area contributed by atoms with E-state index < -0.39 is 21.7 Å². The number of hydrogen-bond acceptors (Lipinski definition) is 5. The van der Waals surface area contributed by atoms with E-state index in [-0.39, 0.29) is 16.0 Å². The van der Waals surface area contributed by atoms with Crippen molar-refractivity contribution in [2.45, 2.75) is 11.5 Å². The Labute approximate surface area is 98.4 Å². The van der Waals surface area contributed by atoms with Crippen molar-refractivity contribution in [3.8, 4) is 6.08 Å². The molecule has 0 spiro atoms. The van der Waals surface area contributed by atoms with E-state index in [1.807, 2.05) is 0 Å². The molecule has 2 aromatic rings. The zero-order valence-corrected chi connectivity index (χ0v) is 9.50. The summed E-state index contributed by atoms with van der Waals surface area (Å²) in [6.45, 7) is -3.07. The predicted octanol–water partition coefficient (Wildman–Crippen LogP) is 2.36. The first-order valence-corrected chi connectivity index (χ1v) is 6.47. The molecule has 0 amide bonds. The number of benzene rings is 1. The van der Waals surface area contributed by atoms with Gasteiger partial charge in [0.2, 0.25) is 0 Å². The summed E-state index contributed by atoms with van der Waals surface area (Å²) in [5.74, 6) is 0. The molecule has 0 unspecified atom stereocenters. The smallest absolute Gasteiger partial charge is 0.399 e. The van der Waals surface area contributed by atoms with Crippen LogP contribution in [0.3, 0.4) is 0 Å². The third-order valence-corrected chi connectivity index (χ3v) is 3.16. The Morgan fingerprint density at radius 1 is 1.41 bits per heavy atom. The van der Waals surface area contributed by atoms with Gasteiger partial charge in [0.15, 0.2) is 5.58 Å². The molecule has 0 aliphatic rings. The molecule has 2 rings (SSSR count). The molecular formula is C8H4ClF2NO4S. The Bertz CT molecular complexity index is 655. The highest BCUT2D eigenvalue weighted by molar-refractivity contribution is 8.13. The summed E-state index contributed by atoms with van der Waals surface area (Å²) < 4.78 is 54.5. The quantitative estimate of drug-likeness (QED) is 0.809. The van der Waals surface area contributed by atoms with Gasteiger partial charge in [0.25, 0.3) is 9.05 Å². The molecule has 1 heterocycles. The number of rotatable bonds is 3. The van der Waals surface area contributed by atoms with Crippen LogP contribution in [0.15, 0.2) is 27.5 Å². The van der Waals surface area contributed by atoms with Crippen molar-refractivity contribution in [3.63, 3.8) is 0 Å². The highest BCUT2D eigenvalue weighted by Gasteiger charge is 2.15. The molecule has 0 N–H and O–H groups in total. The fourth-order valence-electron chi connectivity index (χ4n) is 1.16. The van der Waals surface area contributed by atoms with Crippen LogP contribution in [0.5, 0.6) is 6.08 Å². The van der Waals surface area contributed by atoms with Gasteiger partial charge in [-0.25, -0.2) is 8.42 Å². The Morgan fingerprint density at radius 3 is 2.71 bits per heavy atom. The van der Waals surface area contributed by atoms with E-state index in [1.54, 1.807) is 0 Å². The lowest BCUT2D eigenvalue weighted by atomic mass is 10.3. The molecule has 1 aromatic carbocycles. The molecule has 1 aromatic heterocycles.